The molecule has 130 valence electrons. The van der Waals surface area contributed by atoms with Gasteiger partial charge in [0, 0.05) is 46.1 Å². The highest BCUT2D eigenvalue weighted by atomic mass is 16.5. The van der Waals surface area contributed by atoms with Crippen LogP contribution >= 0.6 is 0 Å². The van der Waals surface area contributed by atoms with Crippen molar-refractivity contribution in [2.75, 3.05) is 46.6 Å². The van der Waals surface area contributed by atoms with E-state index in [9.17, 15) is 0 Å². The van der Waals surface area contributed by atoms with Gasteiger partial charge in [0.15, 0.2) is 0 Å². The third-order valence-corrected chi connectivity index (χ3v) is 4.94. The molecule has 3 rings (SSSR count). The molecule has 23 heavy (non-hydrogen) atoms. The van der Waals surface area contributed by atoms with E-state index in [2.05, 4.69) is 16.2 Å². The van der Waals surface area contributed by atoms with Crippen LogP contribution in [-0.2, 0) is 27.7 Å². The van der Waals surface area contributed by atoms with Crippen LogP contribution in [0.1, 0.15) is 18.4 Å². The standard InChI is InChI=1S/C17H29N3O3/c1-19-11-15(10-18-19)9-16-17(23-8-7-21-2)3-5-20(16)12-14-4-6-22-13-14/h10-11,14,16-17H,3-9,12-13H2,1-2H3/t14-,16-,17-/m1/s1. The summed E-state index contributed by atoms with van der Waals surface area (Å²) in [4.78, 5) is 2.60. The fourth-order valence-electron chi connectivity index (χ4n) is 3.73. The highest BCUT2D eigenvalue weighted by molar-refractivity contribution is 5.08. The predicted octanol–water partition coefficient (Wildman–Crippen LogP) is 1.11. The maximum atomic E-state index is 6.10. The van der Waals surface area contributed by atoms with Gasteiger partial charge in [-0.05, 0) is 30.7 Å². The lowest BCUT2D eigenvalue weighted by atomic mass is 10.0. The molecule has 2 aliphatic heterocycles. The van der Waals surface area contributed by atoms with Crippen molar-refractivity contribution in [1.29, 1.82) is 0 Å². The number of aryl methyl sites for hydroxylation is 1. The Labute approximate surface area is 138 Å². The first-order valence-corrected chi connectivity index (χ1v) is 8.66. The summed E-state index contributed by atoms with van der Waals surface area (Å²) in [5, 5.41) is 4.30. The monoisotopic (exact) mass is 323 g/mol. The fourth-order valence-corrected chi connectivity index (χ4v) is 3.73. The Hall–Kier alpha value is -0.950. The first-order valence-electron chi connectivity index (χ1n) is 8.66. The highest BCUT2D eigenvalue weighted by Crippen LogP contribution is 2.27. The van der Waals surface area contributed by atoms with E-state index < -0.39 is 0 Å². The zero-order valence-electron chi connectivity index (χ0n) is 14.3. The Balaban J connectivity index is 1.62. The number of aromatic nitrogens is 2. The summed E-state index contributed by atoms with van der Waals surface area (Å²) in [7, 11) is 3.69. The van der Waals surface area contributed by atoms with Gasteiger partial charge in [-0.25, -0.2) is 0 Å². The molecule has 0 N–H and O–H groups in total. The number of rotatable bonds is 8. The molecule has 3 atom stereocenters. The van der Waals surface area contributed by atoms with Gasteiger partial charge < -0.3 is 14.2 Å². The summed E-state index contributed by atoms with van der Waals surface area (Å²) in [6.45, 7) is 5.39. The van der Waals surface area contributed by atoms with E-state index in [4.69, 9.17) is 14.2 Å². The number of methoxy groups -OCH3 is 1. The minimum absolute atomic E-state index is 0.285. The molecule has 6 nitrogen and oxygen atoms in total. The Morgan fingerprint density at radius 3 is 2.96 bits per heavy atom. The van der Waals surface area contributed by atoms with Crippen LogP contribution in [-0.4, -0.2) is 73.5 Å². The molecule has 2 fully saturated rings. The largest absolute Gasteiger partial charge is 0.382 e. The van der Waals surface area contributed by atoms with Gasteiger partial charge in [-0.2, -0.15) is 5.10 Å². The molecule has 2 aliphatic rings. The highest BCUT2D eigenvalue weighted by Gasteiger charge is 2.36. The number of ether oxygens (including phenoxy) is 3. The van der Waals surface area contributed by atoms with Crippen LogP contribution in [0.25, 0.3) is 0 Å². The van der Waals surface area contributed by atoms with Gasteiger partial charge in [0.2, 0.25) is 0 Å². The summed E-state index contributed by atoms with van der Waals surface area (Å²) < 4.78 is 18.6. The second-order valence-corrected chi connectivity index (χ2v) is 6.71. The number of nitrogens with zero attached hydrogens (tertiary/aromatic N) is 3. The van der Waals surface area contributed by atoms with E-state index in [-0.39, 0.29) is 6.10 Å². The molecule has 0 radical (unpaired) electrons. The smallest absolute Gasteiger partial charge is 0.0746 e. The van der Waals surface area contributed by atoms with Crippen LogP contribution in [0.4, 0.5) is 0 Å². The number of hydrogen-bond donors (Lipinski definition) is 0. The third kappa shape index (κ3) is 4.53. The third-order valence-electron chi connectivity index (χ3n) is 4.94. The lowest BCUT2D eigenvalue weighted by Gasteiger charge is -2.29. The summed E-state index contributed by atoms with van der Waals surface area (Å²) in [6, 6.07) is 0.427. The average Bonchev–Trinajstić information content (AvgIpc) is 3.26. The SMILES string of the molecule is COCCO[C@@H]1CCN(C[C@H]2CCOC2)[C@@H]1Cc1cnn(C)c1. The molecule has 1 aromatic heterocycles. The van der Waals surface area contributed by atoms with Crippen molar-refractivity contribution < 1.29 is 14.2 Å². The van der Waals surface area contributed by atoms with Crippen LogP contribution in [0.5, 0.6) is 0 Å². The van der Waals surface area contributed by atoms with E-state index in [1.165, 1.54) is 12.0 Å². The predicted molar refractivity (Wildman–Crippen MR) is 87.4 cm³/mol. The Bertz CT molecular complexity index is 473. The Kier molecular flexibility index (Phi) is 6.05. The maximum Gasteiger partial charge on any atom is 0.0746 e. The molecule has 0 saturated carbocycles. The zero-order valence-corrected chi connectivity index (χ0v) is 14.3. The molecule has 0 spiro atoms. The van der Waals surface area contributed by atoms with Crippen molar-refractivity contribution in [3.05, 3.63) is 18.0 Å². The van der Waals surface area contributed by atoms with Crippen LogP contribution in [0, 0.1) is 5.92 Å². The van der Waals surface area contributed by atoms with E-state index in [0.717, 1.165) is 39.1 Å². The van der Waals surface area contributed by atoms with Gasteiger partial charge in [-0.1, -0.05) is 0 Å². The van der Waals surface area contributed by atoms with Gasteiger partial charge in [0.25, 0.3) is 0 Å². The molecule has 0 aromatic carbocycles. The molecule has 0 amide bonds. The van der Waals surface area contributed by atoms with Crippen molar-refractivity contribution in [2.45, 2.75) is 31.4 Å². The molecule has 0 aliphatic carbocycles. The molecule has 0 bridgehead atoms. The summed E-state index contributed by atoms with van der Waals surface area (Å²) >= 11 is 0. The number of likely N-dealkylation sites (tertiary alicyclic amines) is 1. The van der Waals surface area contributed by atoms with Crippen molar-refractivity contribution >= 4 is 0 Å². The van der Waals surface area contributed by atoms with Crippen LogP contribution < -0.4 is 0 Å². The molecule has 2 saturated heterocycles. The van der Waals surface area contributed by atoms with E-state index in [0.29, 0.717) is 25.2 Å². The first kappa shape index (κ1) is 16.9. The zero-order chi connectivity index (χ0) is 16.1. The van der Waals surface area contributed by atoms with Crippen LogP contribution in [0.2, 0.25) is 0 Å². The fraction of sp³-hybridized carbons (Fsp3) is 0.824. The van der Waals surface area contributed by atoms with E-state index >= 15 is 0 Å². The lowest BCUT2D eigenvalue weighted by Crippen LogP contribution is -2.41. The Morgan fingerprint density at radius 1 is 1.35 bits per heavy atom. The molecule has 0 unspecified atom stereocenters. The molecule has 6 heteroatoms. The van der Waals surface area contributed by atoms with E-state index in [1.807, 2.05) is 17.9 Å². The van der Waals surface area contributed by atoms with Crippen molar-refractivity contribution in [3.8, 4) is 0 Å². The molecule has 1 aromatic rings. The van der Waals surface area contributed by atoms with Crippen LogP contribution in [0.3, 0.4) is 0 Å². The van der Waals surface area contributed by atoms with Gasteiger partial charge in [-0.3, -0.25) is 9.58 Å². The second kappa shape index (κ2) is 8.24. The minimum atomic E-state index is 0.285. The summed E-state index contributed by atoms with van der Waals surface area (Å²) in [5.41, 5.74) is 1.28. The van der Waals surface area contributed by atoms with E-state index in [1.54, 1.807) is 7.11 Å². The molecule has 3 heterocycles. The minimum Gasteiger partial charge on any atom is -0.382 e. The Morgan fingerprint density at radius 2 is 2.26 bits per heavy atom. The van der Waals surface area contributed by atoms with Gasteiger partial charge in [0.1, 0.15) is 0 Å². The average molecular weight is 323 g/mol. The lowest BCUT2D eigenvalue weighted by molar-refractivity contribution is -0.00211. The maximum absolute atomic E-state index is 6.10. The molecular formula is C17H29N3O3. The van der Waals surface area contributed by atoms with Crippen molar-refractivity contribution in [2.24, 2.45) is 13.0 Å². The summed E-state index contributed by atoms with van der Waals surface area (Å²) in [6.07, 6.45) is 7.66. The first-order chi connectivity index (χ1) is 11.3. The topological polar surface area (TPSA) is 48.8 Å². The quantitative estimate of drug-likeness (QED) is 0.671. The van der Waals surface area contributed by atoms with Gasteiger partial charge in [-0.15, -0.1) is 0 Å². The van der Waals surface area contributed by atoms with Crippen LogP contribution in [0.15, 0.2) is 12.4 Å². The summed E-state index contributed by atoms with van der Waals surface area (Å²) in [5.74, 6) is 0.670. The number of hydrogen-bond acceptors (Lipinski definition) is 5. The van der Waals surface area contributed by atoms with Gasteiger partial charge in [0.05, 0.1) is 32.1 Å². The van der Waals surface area contributed by atoms with Gasteiger partial charge >= 0.3 is 0 Å². The van der Waals surface area contributed by atoms with Crippen molar-refractivity contribution in [1.82, 2.24) is 14.7 Å². The normalized spacial score (nSPS) is 28.7. The van der Waals surface area contributed by atoms with Crippen molar-refractivity contribution in [3.63, 3.8) is 0 Å². The molecular weight excluding hydrogens is 294 g/mol. The second-order valence-electron chi connectivity index (χ2n) is 6.71.